The first-order valence-corrected chi connectivity index (χ1v) is 6.22. The van der Waals surface area contributed by atoms with E-state index in [4.69, 9.17) is 5.73 Å². The second-order valence-electron chi connectivity index (χ2n) is 3.69. The molecule has 2 aromatic heterocycles. The van der Waals surface area contributed by atoms with Crippen LogP contribution in [0.5, 0.6) is 0 Å². The van der Waals surface area contributed by atoms with Crippen LogP contribution in [0.3, 0.4) is 0 Å². The zero-order valence-electron chi connectivity index (χ0n) is 9.60. The Morgan fingerprint density at radius 2 is 2.25 bits per heavy atom. The van der Waals surface area contributed by atoms with Gasteiger partial charge < -0.3 is 10.6 Å². The second-order valence-corrected chi connectivity index (χ2v) is 4.81. The van der Waals surface area contributed by atoms with Gasteiger partial charge in [0.1, 0.15) is 17.0 Å². The molecule has 16 heavy (non-hydrogen) atoms. The highest BCUT2D eigenvalue weighted by atomic mass is 32.1. The molecule has 0 radical (unpaired) electrons. The zero-order chi connectivity index (χ0) is 11.5. The Morgan fingerprint density at radius 1 is 1.44 bits per heavy atom. The van der Waals surface area contributed by atoms with Crippen LogP contribution in [0.1, 0.15) is 11.8 Å². The molecule has 4 nitrogen and oxygen atoms in total. The first-order chi connectivity index (χ1) is 7.76. The van der Waals surface area contributed by atoms with Crippen molar-refractivity contribution in [1.29, 1.82) is 0 Å². The number of hydrogen-bond acceptors (Lipinski definition) is 5. The molecule has 0 saturated carbocycles. The van der Waals surface area contributed by atoms with Crippen molar-refractivity contribution in [2.24, 2.45) is 5.73 Å². The number of aromatic nitrogens is 2. The van der Waals surface area contributed by atoms with Crippen LogP contribution in [-0.2, 0) is 6.42 Å². The van der Waals surface area contributed by atoms with E-state index in [-0.39, 0.29) is 0 Å². The van der Waals surface area contributed by atoms with Crippen molar-refractivity contribution in [3.63, 3.8) is 0 Å². The summed E-state index contributed by atoms with van der Waals surface area (Å²) >= 11 is 1.74. The fraction of sp³-hybridized carbons (Fsp3) is 0.455. The average Bonchev–Trinajstić information content (AvgIpc) is 2.71. The van der Waals surface area contributed by atoms with Gasteiger partial charge in [0, 0.05) is 25.0 Å². The molecule has 0 aromatic carbocycles. The van der Waals surface area contributed by atoms with Gasteiger partial charge in [0.05, 0.1) is 5.39 Å². The monoisotopic (exact) mass is 236 g/mol. The summed E-state index contributed by atoms with van der Waals surface area (Å²) in [5, 5.41) is 1.14. The fourth-order valence-corrected chi connectivity index (χ4v) is 2.60. The molecule has 0 spiro atoms. The molecule has 2 N–H and O–H groups in total. The quantitative estimate of drug-likeness (QED) is 0.877. The lowest BCUT2D eigenvalue weighted by Gasteiger charge is -2.17. The molecule has 0 bridgehead atoms. The van der Waals surface area contributed by atoms with E-state index in [0.29, 0.717) is 6.54 Å². The summed E-state index contributed by atoms with van der Waals surface area (Å²) in [4.78, 5) is 13.1. The van der Waals surface area contributed by atoms with Gasteiger partial charge >= 0.3 is 0 Å². The van der Waals surface area contributed by atoms with Gasteiger partial charge in [-0.3, -0.25) is 0 Å². The average molecular weight is 236 g/mol. The van der Waals surface area contributed by atoms with Crippen molar-refractivity contribution in [1.82, 2.24) is 9.97 Å². The summed E-state index contributed by atoms with van der Waals surface area (Å²) < 4.78 is 0. The van der Waals surface area contributed by atoms with Crippen LogP contribution >= 0.6 is 11.3 Å². The Balaban J connectivity index is 2.47. The third-order valence-electron chi connectivity index (χ3n) is 2.53. The van der Waals surface area contributed by atoms with E-state index < -0.39 is 0 Å². The van der Waals surface area contributed by atoms with Crippen molar-refractivity contribution in [2.45, 2.75) is 13.3 Å². The van der Waals surface area contributed by atoms with Gasteiger partial charge in [-0.2, -0.15) is 0 Å². The van der Waals surface area contributed by atoms with E-state index in [1.807, 2.05) is 7.05 Å². The third kappa shape index (κ3) is 2.01. The molecule has 2 rings (SSSR count). The van der Waals surface area contributed by atoms with Crippen LogP contribution in [0, 0.1) is 0 Å². The number of nitrogens with zero attached hydrogens (tertiary/aromatic N) is 3. The topological polar surface area (TPSA) is 55.0 Å². The largest absolute Gasteiger partial charge is 0.358 e. The summed E-state index contributed by atoms with van der Waals surface area (Å²) in [6.45, 7) is 3.59. The highest BCUT2D eigenvalue weighted by molar-refractivity contribution is 7.18. The number of likely N-dealkylation sites (N-methyl/N-ethyl adjacent to an activating group) is 1. The Hall–Kier alpha value is -1.20. The van der Waals surface area contributed by atoms with Crippen LogP contribution in [0.25, 0.3) is 10.2 Å². The predicted octanol–water partition coefficient (Wildman–Crippen LogP) is 1.65. The number of nitrogens with two attached hydrogens (primary N) is 1. The number of hydrogen-bond donors (Lipinski definition) is 1. The number of fused-ring (bicyclic) bond motifs is 1. The van der Waals surface area contributed by atoms with E-state index in [1.54, 1.807) is 17.7 Å². The first kappa shape index (κ1) is 11.3. The smallest absolute Gasteiger partial charge is 0.140 e. The number of rotatable bonds is 4. The summed E-state index contributed by atoms with van der Waals surface area (Å²) in [5.41, 5.74) is 5.56. The van der Waals surface area contributed by atoms with Gasteiger partial charge in [-0.1, -0.05) is 6.92 Å². The minimum atomic E-state index is 0.632. The Bertz CT molecular complexity index is 480. The van der Waals surface area contributed by atoms with Gasteiger partial charge in [0.15, 0.2) is 0 Å². The van der Waals surface area contributed by atoms with Crippen molar-refractivity contribution >= 4 is 27.4 Å². The maximum absolute atomic E-state index is 5.56. The van der Waals surface area contributed by atoms with Gasteiger partial charge in [-0.15, -0.1) is 11.3 Å². The lowest BCUT2D eigenvalue weighted by atomic mass is 10.3. The van der Waals surface area contributed by atoms with E-state index in [0.717, 1.165) is 29.0 Å². The SMILES string of the molecule is CCc1cc2c(N(C)CCN)ncnc2s1. The van der Waals surface area contributed by atoms with Crippen LogP contribution in [0.15, 0.2) is 12.4 Å². The fourth-order valence-electron chi connectivity index (χ4n) is 1.67. The Labute approximate surface area is 99.1 Å². The molecule has 0 atom stereocenters. The summed E-state index contributed by atoms with van der Waals surface area (Å²) in [6, 6.07) is 2.18. The van der Waals surface area contributed by atoms with Crippen molar-refractivity contribution in [3.8, 4) is 0 Å². The van der Waals surface area contributed by atoms with Crippen molar-refractivity contribution < 1.29 is 0 Å². The van der Waals surface area contributed by atoms with Crippen molar-refractivity contribution in [2.75, 3.05) is 25.0 Å². The Kier molecular flexibility index (Phi) is 3.36. The number of anilines is 1. The molecule has 0 fully saturated rings. The molecule has 0 saturated heterocycles. The summed E-state index contributed by atoms with van der Waals surface area (Å²) in [6.07, 6.45) is 2.67. The minimum Gasteiger partial charge on any atom is -0.358 e. The minimum absolute atomic E-state index is 0.632. The molecular weight excluding hydrogens is 220 g/mol. The molecule has 5 heteroatoms. The lowest BCUT2D eigenvalue weighted by molar-refractivity contribution is 0.871. The molecule has 0 amide bonds. The summed E-state index contributed by atoms with van der Waals surface area (Å²) in [5.74, 6) is 0.978. The first-order valence-electron chi connectivity index (χ1n) is 5.41. The molecule has 86 valence electrons. The van der Waals surface area contributed by atoms with E-state index >= 15 is 0 Å². The molecule has 0 aliphatic heterocycles. The van der Waals surface area contributed by atoms with E-state index in [2.05, 4.69) is 27.9 Å². The maximum atomic E-state index is 5.56. The maximum Gasteiger partial charge on any atom is 0.140 e. The van der Waals surface area contributed by atoms with Crippen LogP contribution in [-0.4, -0.2) is 30.1 Å². The van der Waals surface area contributed by atoms with Gasteiger partial charge in [-0.25, -0.2) is 9.97 Å². The van der Waals surface area contributed by atoms with Crippen LogP contribution in [0.2, 0.25) is 0 Å². The number of aryl methyl sites for hydroxylation is 1. The van der Waals surface area contributed by atoms with Crippen molar-refractivity contribution in [3.05, 3.63) is 17.3 Å². The van der Waals surface area contributed by atoms with Gasteiger partial charge in [-0.05, 0) is 12.5 Å². The number of thiophene rings is 1. The van der Waals surface area contributed by atoms with Gasteiger partial charge in [0.2, 0.25) is 0 Å². The predicted molar refractivity (Wildman–Crippen MR) is 69.1 cm³/mol. The Morgan fingerprint density at radius 3 is 2.94 bits per heavy atom. The lowest BCUT2D eigenvalue weighted by Crippen LogP contribution is -2.25. The van der Waals surface area contributed by atoms with Crippen LogP contribution in [0.4, 0.5) is 5.82 Å². The third-order valence-corrected chi connectivity index (χ3v) is 3.72. The molecule has 2 heterocycles. The molecule has 2 aromatic rings. The van der Waals surface area contributed by atoms with Gasteiger partial charge in [0.25, 0.3) is 0 Å². The normalized spacial score (nSPS) is 10.9. The highest BCUT2D eigenvalue weighted by Gasteiger charge is 2.10. The second kappa shape index (κ2) is 4.76. The molecule has 0 unspecified atom stereocenters. The summed E-state index contributed by atoms with van der Waals surface area (Å²) in [7, 11) is 2.01. The molecule has 0 aliphatic rings. The van der Waals surface area contributed by atoms with Crippen LogP contribution < -0.4 is 10.6 Å². The standard InChI is InChI=1S/C11H16N4S/c1-3-8-6-9-10(15(2)5-4-12)13-7-14-11(9)16-8/h6-7H,3-5,12H2,1-2H3. The zero-order valence-corrected chi connectivity index (χ0v) is 10.4. The van der Waals surface area contributed by atoms with E-state index in [1.165, 1.54) is 4.88 Å². The molecule has 0 aliphatic carbocycles. The highest BCUT2D eigenvalue weighted by Crippen LogP contribution is 2.29. The van der Waals surface area contributed by atoms with E-state index in [9.17, 15) is 0 Å². The molecular formula is C11H16N4S.